The number of nitrogens with zero attached hydrogens (tertiary/aromatic N) is 1. The van der Waals surface area contributed by atoms with E-state index in [4.69, 9.17) is 4.84 Å². The minimum absolute atomic E-state index is 0.0535. The van der Waals surface area contributed by atoms with Crippen molar-refractivity contribution >= 4 is 5.71 Å². The van der Waals surface area contributed by atoms with Gasteiger partial charge < -0.3 is 4.84 Å². The molecule has 0 spiro atoms. The SMILES string of the molecule is C/C(=N\Oc1cccc(C(F)(F)F)c1)c1ccccc1C. The number of oxime groups is 1. The highest BCUT2D eigenvalue weighted by molar-refractivity contribution is 5.99. The number of aryl methyl sites for hydroxylation is 1. The molecule has 0 unspecified atom stereocenters. The Kier molecular flexibility index (Phi) is 4.31. The van der Waals surface area contributed by atoms with Crippen LogP contribution in [0.25, 0.3) is 0 Å². The third-order valence-corrected chi connectivity index (χ3v) is 2.98. The summed E-state index contributed by atoms with van der Waals surface area (Å²) < 4.78 is 37.8. The van der Waals surface area contributed by atoms with Gasteiger partial charge >= 0.3 is 6.18 Å². The molecule has 0 radical (unpaired) electrons. The maximum absolute atomic E-state index is 12.6. The van der Waals surface area contributed by atoms with Crippen molar-refractivity contribution in [2.75, 3.05) is 0 Å². The fraction of sp³-hybridized carbons (Fsp3) is 0.188. The van der Waals surface area contributed by atoms with E-state index in [9.17, 15) is 13.2 Å². The van der Waals surface area contributed by atoms with E-state index >= 15 is 0 Å². The van der Waals surface area contributed by atoms with Crippen LogP contribution < -0.4 is 4.84 Å². The molecule has 0 N–H and O–H groups in total. The third kappa shape index (κ3) is 3.84. The number of rotatable bonds is 3. The van der Waals surface area contributed by atoms with Crippen molar-refractivity contribution in [3.8, 4) is 5.75 Å². The van der Waals surface area contributed by atoms with Crippen LogP contribution >= 0.6 is 0 Å². The van der Waals surface area contributed by atoms with Gasteiger partial charge in [-0.05, 0) is 37.6 Å². The maximum Gasteiger partial charge on any atom is 0.416 e. The first kappa shape index (κ1) is 15.1. The van der Waals surface area contributed by atoms with Gasteiger partial charge in [0.2, 0.25) is 0 Å². The fourth-order valence-corrected chi connectivity index (χ4v) is 1.88. The molecule has 0 atom stereocenters. The lowest BCUT2D eigenvalue weighted by Gasteiger charge is -2.08. The Balaban J connectivity index is 2.20. The average Bonchev–Trinajstić information content (AvgIpc) is 2.45. The van der Waals surface area contributed by atoms with Crippen LogP contribution in [0.3, 0.4) is 0 Å². The number of hydrogen-bond donors (Lipinski definition) is 0. The van der Waals surface area contributed by atoms with Gasteiger partial charge in [0.1, 0.15) is 0 Å². The van der Waals surface area contributed by atoms with Gasteiger partial charge in [-0.2, -0.15) is 13.2 Å². The summed E-state index contributed by atoms with van der Waals surface area (Å²) >= 11 is 0. The molecule has 2 nitrogen and oxygen atoms in total. The largest absolute Gasteiger partial charge is 0.416 e. The minimum atomic E-state index is -4.39. The Labute approximate surface area is 120 Å². The third-order valence-electron chi connectivity index (χ3n) is 2.98. The monoisotopic (exact) mass is 293 g/mol. The first-order chi connectivity index (χ1) is 9.88. The predicted molar refractivity (Wildman–Crippen MR) is 75.5 cm³/mol. The molecule has 0 aliphatic rings. The van der Waals surface area contributed by atoms with Gasteiger partial charge in [-0.3, -0.25) is 0 Å². The molecule has 2 aromatic carbocycles. The summed E-state index contributed by atoms with van der Waals surface area (Å²) in [6.07, 6.45) is -4.39. The predicted octanol–water partition coefficient (Wildman–Crippen LogP) is 4.82. The van der Waals surface area contributed by atoms with Crippen molar-refractivity contribution < 1.29 is 18.0 Å². The molecule has 2 rings (SSSR count). The Morgan fingerprint density at radius 2 is 1.76 bits per heavy atom. The van der Waals surface area contributed by atoms with Crippen LogP contribution in [0.1, 0.15) is 23.6 Å². The van der Waals surface area contributed by atoms with E-state index in [1.165, 1.54) is 12.1 Å². The molecule has 0 aliphatic heterocycles. The highest BCUT2D eigenvalue weighted by Crippen LogP contribution is 2.31. The molecular weight excluding hydrogens is 279 g/mol. The molecular formula is C16H14F3NO. The highest BCUT2D eigenvalue weighted by Gasteiger charge is 2.30. The molecule has 0 aromatic heterocycles. The molecule has 0 fully saturated rings. The first-order valence-corrected chi connectivity index (χ1v) is 6.33. The van der Waals surface area contributed by atoms with E-state index in [1.807, 2.05) is 31.2 Å². The molecule has 0 bridgehead atoms. The summed E-state index contributed by atoms with van der Waals surface area (Å²) in [5.41, 5.74) is 1.75. The molecule has 0 heterocycles. The van der Waals surface area contributed by atoms with Gasteiger partial charge in [-0.1, -0.05) is 35.5 Å². The maximum atomic E-state index is 12.6. The normalized spacial score (nSPS) is 12.3. The molecule has 2 aromatic rings. The fourth-order valence-electron chi connectivity index (χ4n) is 1.88. The van der Waals surface area contributed by atoms with Crippen molar-refractivity contribution in [1.29, 1.82) is 0 Å². The molecule has 0 saturated heterocycles. The number of alkyl halides is 3. The number of benzene rings is 2. The van der Waals surface area contributed by atoms with Gasteiger partial charge in [-0.15, -0.1) is 0 Å². The average molecular weight is 293 g/mol. The summed E-state index contributed by atoms with van der Waals surface area (Å²) in [4.78, 5) is 5.10. The Morgan fingerprint density at radius 1 is 1.05 bits per heavy atom. The zero-order valence-electron chi connectivity index (χ0n) is 11.6. The molecule has 0 saturated carbocycles. The van der Waals surface area contributed by atoms with Crippen LogP contribution in [0, 0.1) is 6.92 Å². The molecule has 0 aliphatic carbocycles. The summed E-state index contributed by atoms with van der Waals surface area (Å²) in [7, 11) is 0. The van der Waals surface area contributed by atoms with Crippen molar-refractivity contribution in [1.82, 2.24) is 0 Å². The van der Waals surface area contributed by atoms with Crippen LogP contribution in [0.15, 0.2) is 53.7 Å². The van der Waals surface area contributed by atoms with Crippen LogP contribution in [0.5, 0.6) is 5.75 Å². The van der Waals surface area contributed by atoms with Crippen LogP contribution in [0.4, 0.5) is 13.2 Å². The number of halogens is 3. The number of hydrogen-bond acceptors (Lipinski definition) is 2. The van der Waals surface area contributed by atoms with Crippen molar-refractivity contribution in [3.05, 3.63) is 65.2 Å². The Bertz CT molecular complexity index is 663. The van der Waals surface area contributed by atoms with E-state index in [0.717, 1.165) is 23.3 Å². The molecule has 5 heteroatoms. The summed E-state index contributed by atoms with van der Waals surface area (Å²) in [6.45, 7) is 3.68. The second-order valence-corrected chi connectivity index (χ2v) is 4.61. The lowest BCUT2D eigenvalue weighted by molar-refractivity contribution is -0.137. The van der Waals surface area contributed by atoms with Crippen molar-refractivity contribution in [3.63, 3.8) is 0 Å². The summed E-state index contributed by atoms with van der Waals surface area (Å²) in [5, 5.41) is 3.90. The zero-order valence-corrected chi connectivity index (χ0v) is 11.6. The summed E-state index contributed by atoms with van der Waals surface area (Å²) in [6, 6.07) is 12.2. The molecule has 0 amide bonds. The first-order valence-electron chi connectivity index (χ1n) is 6.33. The topological polar surface area (TPSA) is 21.6 Å². The Hall–Kier alpha value is -2.30. The van der Waals surface area contributed by atoms with E-state index in [2.05, 4.69) is 5.16 Å². The van der Waals surface area contributed by atoms with Crippen molar-refractivity contribution in [2.45, 2.75) is 20.0 Å². The van der Waals surface area contributed by atoms with E-state index in [-0.39, 0.29) is 5.75 Å². The van der Waals surface area contributed by atoms with Gasteiger partial charge in [0.15, 0.2) is 5.75 Å². The van der Waals surface area contributed by atoms with Gasteiger partial charge in [0.25, 0.3) is 0 Å². The van der Waals surface area contributed by atoms with Gasteiger partial charge in [-0.25, -0.2) is 0 Å². The van der Waals surface area contributed by atoms with E-state index in [0.29, 0.717) is 5.71 Å². The van der Waals surface area contributed by atoms with Gasteiger partial charge in [0, 0.05) is 5.56 Å². The van der Waals surface area contributed by atoms with E-state index < -0.39 is 11.7 Å². The molecule has 21 heavy (non-hydrogen) atoms. The Morgan fingerprint density at radius 3 is 2.43 bits per heavy atom. The van der Waals surface area contributed by atoms with Gasteiger partial charge in [0.05, 0.1) is 11.3 Å². The van der Waals surface area contributed by atoms with Crippen molar-refractivity contribution in [2.24, 2.45) is 5.16 Å². The summed E-state index contributed by atoms with van der Waals surface area (Å²) in [5.74, 6) is 0.0535. The standard InChI is InChI=1S/C16H14F3NO/c1-11-6-3-4-9-15(11)12(2)20-21-14-8-5-7-13(10-14)16(17,18)19/h3-10H,1-2H3/b20-12+. The zero-order chi connectivity index (χ0) is 15.5. The lowest BCUT2D eigenvalue weighted by Crippen LogP contribution is -2.05. The lowest BCUT2D eigenvalue weighted by atomic mass is 10.1. The quantitative estimate of drug-likeness (QED) is 0.587. The smallest absolute Gasteiger partial charge is 0.357 e. The highest BCUT2D eigenvalue weighted by atomic mass is 19.4. The second kappa shape index (κ2) is 5.99. The van der Waals surface area contributed by atoms with E-state index in [1.54, 1.807) is 6.92 Å². The van der Waals surface area contributed by atoms with Crippen LogP contribution in [-0.4, -0.2) is 5.71 Å². The minimum Gasteiger partial charge on any atom is -0.357 e. The molecule has 110 valence electrons. The van der Waals surface area contributed by atoms with Crippen LogP contribution in [0.2, 0.25) is 0 Å². The second-order valence-electron chi connectivity index (χ2n) is 4.61. The van der Waals surface area contributed by atoms with Crippen LogP contribution in [-0.2, 0) is 6.18 Å².